The van der Waals surface area contributed by atoms with Crippen molar-refractivity contribution < 1.29 is 9.13 Å². The molecule has 0 fully saturated rings. The third kappa shape index (κ3) is 1.27. The second-order valence-corrected chi connectivity index (χ2v) is 3.64. The zero-order valence-corrected chi connectivity index (χ0v) is 8.03. The highest BCUT2D eigenvalue weighted by molar-refractivity contribution is 9.10. The molecular formula is C9H8BrFO. The predicted octanol–water partition coefficient (Wildman–Crippen LogP) is 2.66. The van der Waals surface area contributed by atoms with Crippen molar-refractivity contribution >= 4 is 15.9 Å². The Labute approximate surface area is 78.7 Å². The molecule has 64 valence electrons. The Morgan fingerprint density at radius 2 is 2.17 bits per heavy atom. The monoisotopic (exact) mass is 230 g/mol. The van der Waals surface area contributed by atoms with Gasteiger partial charge in [0.05, 0.1) is 13.2 Å². The second kappa shape index (κ2) is 3.15. The normalized spacial score (nSPS) is 15.8. The van der Waals surface area contributed by atoms with Gasteiger partial charge in [0.25, 0.3) is 0 Å². The van der Waals surface area contributed by atoms with Crippen LogP contribution in [-0.4, -0.2) is 6.61 Å². The molecule has 12 heavy (non-hydrogen) atoms. The van der Waals surface area contributed by atoms with Crippen molar-refractivity contribution in [2.75, 3.05) is 6.61 Å². The predicted molar refractivity (Wildman–Crippen MR) is 47.5 cm³/mol. The molecule has 3 heteroatoms. The van der Waals surface area contributed by atoms with Gasteiger partial charge in [-0.3, -0.25) is 0 Å². The Balaban J connectivity index is 2.57. The summed E-state index contributed by atoms with van der Waals surface area (Å²) < 4.78 is 19.3. The molecule has 0 N–H and O–H groups in total. The molecule has 0 radical (unpaired) electrons. The molecule has 1 heterocycles. The van der Waals surface area contributed by atoms with E-state index in [0.29, 0.717) is 18.8 Å². The fourth-order valence-corrected chi connectivity index (χ4v) is 1.98. The lowest BCUT2D eigenvalue weighted by Gasteiger charge is -2.17. The van der Waals surface area contributed by atoms with E-state index in [-0.39, 0.29) is 5.82 Å². The Kier molecular flexibility index (Phi) is 2.15. The molecule has 1 aliphatic heterocycles. The number of ether oxygens (including phenoxy) is 1. The Hall–Kier alpha value is -0.410. The molecule has 0 saturated carbocycles. The third-order valence-electron chi connectivity index (χ3n) is 2.06. The van der Waals surface area contributed by atoms with E-state index in [9.17, 15) is 4.39 Å². The van der Waals surface area contributed by atoms with Crippen LogP contribution in [-0.2, 0) is 17.8 Å². The van der Waals surface area contributed by atoms with Crippen molar-refractivity contribution in [3.05, 3.63) is 33.5 Å². The van der Waals surface area contributed by atoms with Crippen LogP contribution >= 0.6 is 15.9 Å². The van der Waals surface area contributed by atoms with Crippen molar-refractivity contribution in [2.24, 2.45) is 0 Å². The number of halogens is 2. The average Bonchev–Trinajstić information content (AvgIpc) is 2.12. The number of benzene rings is 1. The van der Waals surface area contributed by atoms with E-state index in [4.69, 9.17) is 4.74 Å². The smallest absolute Gasteiger partial charge is 0.129 e. The maximum absolute atomic E-state index is 13.2. The van der Waals surface area contributed by atoms with Gasteiger partial charge in [-0.15, -0.1) is 0 Å². The molecule has 0 aliphatic carbocycles. The maximum Gasteiger partial charge on any atom is 0.129 e. The summed E-state index contributed by atoms with van der Waals surface area (Å²) in [6.45, 7) is 1.09. The quantitative estimate of drug-likeness (QED) is 0.666. The van der Waals surface area contributed by atoms with E-state index >= 15 is 0 Å². The zero-order chi connectivity index (χ0) is 8.55. The Bertz CT molecular complexity index is 281. The van der Waals surface area contributed by atoms with Gasteiger partial charge in [-0.25, -0.2) is 4.39 Å². The first-order valence-electron chi connectivity index (χ1n) is 3.82. The van der Waals surface area contributed by atoms with Crippen LogP contribution in [0.5, 0.6) is 0 Å². The summed E-state index contributed by atoms with van der Waals surface area (Å²) in [7, 11) is 0. The van der Waals surface area contributed by atoms with Crippen LogP contribution in [0, 0.1) is 5.82 Å². The Morgan fingerprint density at radius 1 is 1.33 bits per heavy atom. The molecular weight excluding hydrogens is 223 g/mol. The highest BCUT2D eigenvalue weighted by Crippen LogP contribution is 2.27. The molecule has 0 amide bonds. The van der Waals surface area contributed by atoms with Gasteiger partial charge in [-0.05, 0) is 24.1 Å². The summed E-state index contributed by atoms with van der Waals surface area (Å²) in [4.78, 5) is 0. The summed E-state index contributed by atoms with van der Waals surface area (Å²) >= 11 is 3.39. The summed E-state index contributed by atoms with van der Waals surface area (Å²) in [5, 5.41) is 0. The SMILES string of the molecule is Fc1ccc(Br)c2c1COCC2. The fraction of sp³-hybridized carbons (Fsp3) is 0.333. The first-order chi connectivity index (χ1) is 5.79. The van der Waals surface area contributed by atoms with E-state index < -0.39 is 0 Å². The van der Waals surface area contributed by atoms with Crippen LogP contribution < -0.4 is 0 Å². The van der Waals surface area contributed by atoms with Crippen LogP contribution in [0.3, 0.4) is 0 Å². The first kappa shape index (κ1) is 8.20. The lowest BCUT2D eigenvalue weighted by atomic mass is 10.0. The van der Waals surface area contributed by atoms with Gasteiger partial charge in [-0.2, -0.15) is 0 Å². The molecule has 0 saturated heterocycles. The van der Waals surface area contributed by atoms with Crippen molar-refractivity contribution in [1.82, 2.24) is 0 Å². The van der Waals surface area contributed by atoms with Crippen LogP contribution in [0.4, 0.5) is 4.39 Å². The summed E-state index contributed by atoms with van der Waals surface area (Å²) in [5.41, 5.74) is 1.76. The van der Waals surface area contributed by atoms with Gasteiger partial charge in [0, 0.05) is 10.0 Å². The molecule has 1 nitrogen and oxygen atoms in total. The third-order valence-corrected chi connectivity index (χ3v) is 2.80. The van der Waals surface area contributed by atoms with Crippen molar-refractivity contribution in [3.63, 3.8) is 0 Å². The van der Waals surface area contributed by atoms with Gasteiger partial charge in [0.1, 0.15) is 5.82 Å². The maximum atomic E-state index is 13.2. The van der Waals surface area contributed by atoms with Gasteiger partial charge in [-0.1, -0.05) is 15.9 Å². The van der Waals surface area contributed by atoms with Crippen molar-refractivity contribution in [1.29, 1.82) is 0 Å². The van der Waals surface area contributed by atoms with Crippen LogP contribution in [0.15, 0.2) is 16.6 Å². The van der Waals surface area contributed by atoms with Crippen LogP contribution in [0.2, 0.25) is 0 Å². The fourth-order valence-electron chi connectivity index (χ4n) is 1.41. The summed E-state index contributed by atoms with van der Waals surface area (Å²) in [6, 6.07) is 3.22. The van der Waals surface area contributed by atoms with E-state index in [1.165, 1.54) is 6.07 Å². The second-order valence-electron chi connectivity index (χ2n) is 2.79. The lowest BCUT2D eigenvalue weighted by Crippen LogP contribution is -2.12. The Morgan fingerprint density at radius 3 is 2.92 bits per heavy atom. The number of hydrogen-bond donors (Lipinski definition) is 0. The van der Waals surface area contributed by atoms with E-state index in [2.05, 4.69) is 15.9 Å². The molecule has 0 unspecified atom stereocenters. The minimum absolute atomic E-state index is 0.159. The van der Waals surface area contributed by atoms with Crippen molar-refractivity contribution in [3.8, 4) is 0 Å². The molecule has 1 aliphatic rings. The highest BCUT2D eigenvalue weighted by Gasteiger charge is 2.15. The highest BCUT2D eigenvalue weighted by atomic mass is 79.9. The summed E-state index contributed by atoms with van der Waals surface area (Å²) in [6.07, 6.45) is 0.799. The van der Waals surface area contributed by atoms with Gasteiger partial charge in [0.15, 0.2) is 0 Å². The van der Waals surface area contributed by atoms with E-state index in [0.717, 1.165) is 16.5 Å². The largest absolute Gasteiger partial charge is 0.376 e. The van der Waals surface area contributed by atoms with Crippen molar-refractivity contribution in [2.45, 2.75) is 13.0 Å². The van der Waals surface area contributed by atoms with Crippen LogP contribution in [0.1, 0.15) is 11.1 Å². The van der Waals surface area contributed by atoms with Gasteiger partial charge in [0.2, 0.25) is 0 Å². The zero-order valence-electron chi connectivity index (χ0n) is 6.44. The minimum atomic E-state index is -0.159. The van der Waals surface area contributed by atoms with Crippen LogP contribution in [0.25, 0.3) is 0 Å². The molecule has 0 aromatic heterocycles. The topological polar surface area (TPSA) is 9.23 Å². The molecule has 2 rings (SSSR count). The summed E-state index contributed by atoms with van der Waals surface area (Å²) in [5.74, 6) is -0.159. The number of fused-ring (bicyclic) bond motifs is 1. The molecule has 0 atom stereocenters. The van der Waals surface area contributed by atoms with Gasteiger partial charge < -0.3 is 4.74 Å². The average molecular weight is 231 g/mol. The molecule has 0 spiro atoms. The number of hydrogen-bond acceptors (Lipinski definition) is 1. The first-order valence-corrected chi connectivity index (χ1v) is 4.62. The lowest BCUT2D eigenvalue weighted by molar-refractivity contribution is 0.107. The standard InChI is InChI=1S/C9H8BrFO/c10-8-1-2-9(11)7-5-12-4-3-6(7)8/h1-2H,3-5H2. The van der Waals surface area contributed by atoms with E-state index in [1.54, 1.807) is 6.07 Å². The number of rotatable bonds is 0. The van der Waals surface area contributed by atoms with Gasteiger partial charge >= 0.3 is 0 Å². The molecule has 1 aromatic rings. The molecule has 1 aromatic carbocycles. The van der Waals surface area contributed by atoms with E-state index in [1.807, 2.05) is 0 Å². The minimum Gasteiger partial charge on any atom is -0.376 e. The molecule has 0 bridgehead atoms.